The van der Waals surface area contributed by atoms with Crippen molar-refractivity contribution < 1.29 is 19.1 Å². The maximum absolute atomic E-state index is 12.6. The van der Waals surface area contributed by atoms with Crippen molar-refractivity contribution in [1.29, 1.82) is 0 Å². The first-order valence-corrected chi connectivity index (χ1v) is 8.39. The average Bonchev–Trinajstić information content (AvgIpc) is 2.68. The predicted molar refractivity (Wildman–Crippen MR) is 99.4 cm³/mol. The number of esters is 1. The summed E-state index contributed by atoms with van der Waals surface area (Å²) >= 11 is 0. The molecule has 136 valence electrons. The third-order valence-electron chi connectivity index (χ3n) is 4.00. The number of carbonyl (C=O) groups excluding carboxylic acids is 3. The van der Waals surface area contributed by atoms with Crippen LogP contribution >= 0.6 is 0 Å². The summed E-state index contributed by atoms with van der Waals surface area (Å²) < 4.78 is 4.73. The molecule has 2 amide bonds. The fraction of sp³-hybridized carbons (Fsp3) is 0.250. The lowest BCUT2D eigenvalue weighted by atomic mass is 10.1. The number of hydrogen-bond acceptors (Lipinski definition) is 4. The SMILES string of the molecule is CCN(CC)C(=O)c1cccc(C(=O)Nc2ccccc2C(=O)OC)c1. The zero-order chi connectivity index (χ0) is 19.1. The van der Waals surface area contributed by atoms with E-state index in [1.165, 1.54) is 7.11 Å². The molecule has 2 aromatic carbocycles. The molecule has 0 aliphatic heterocycles. The van der Waals surface area contributed by atoms with Gasteiger partial charge >= 0.3 is 5.97 Å². The normalized spacial score (nSPS) is 10.1. The molecule has 6 nitrogen and oxygen atoms in total. The van der Waals surface area contributed by atoms with Crippen LogP contribution in [0, 0.1) is 0 Å². The van der Waals surface area contributed by atoms with Gasteiger partial charge in [0.15, 0.2) is 0 Å². The van der Waals surface area contributed by atoms with E-state index in [2.05, 4.69) is 5.32 Å². The van der Waals surface area contributed by atoms with Crippen LogP contribution in [0.2, 0.25) is 0 Å². The number of amides is 2. The molecule has 0 fully saturated rings. The topological polar surface area (TPSA) is 75.7 Å². The molecule has 1 N–H and O–H groups in total. The average molecular weight is 354 g/mol. The summed E-state index contributed by atoms with van der Waals surface area (Å²) in [6.45, 7) is 5.00. The maximum atomic E-state index is 12.6. The number of ether oxygens (including phenoxy) is 1. The van der Waals surface area contributed by atoms with Gasteiger partial charge in [-0.05, 0) is 44.2 Å². The first-order valence-electron chi connectivity index (χ1n) is 8.39. The second-order valence-electron chi connectivity index (χ2n) is 5.55. The zero-order valence-corrected chi connectivity index (χ0v) is 15.1. The first kappa shape index (κ1) is 19.2. The Morgan fingerprint density at radius 3 is 2.27 bits per heavy atom. The maximum Gasteiger partial charge on any atom is 0.339 e. The minimum absolute atomic E-state index is 0.125. The van der Waals surface area contributed by atoms with Crippen molar-refractivity contribution in [3.63, 3.8) is 0 Å². The molecule has 0 radical (unpaired) electrons. The van der Waals surface area contributed by atoms with Crippen LogP contribution in [-0.2, 0) is 4.74 Å². The standard InChI is InChI=1S/C20H22N2O4/c1-4-22(5-2)19(24)15-10-8-9-14(13-15)18(23)21-17-12-7-6-11-16(17)20(25)26-3/h6-13H,4-5H2,1-3H3,(H,21,23). The third-order valence-corrected chi connectivity index (χ3v) is 4.00. The van der Waals surface area contributed by atoms with Crippen LogP contribution in [0.4, 0.5) is 5.69 Å². The Morgan fingerprint density at radius 2 is 1.62 bits per heavy atom. The van der Waals surface area contributed by atoms with Gasteiger partial charge in [0.25, 0.3) is 11.8 Å². The minimum atomic E-state index is -0.536. The van der Waals surface area contributed by atoms with Crippen molar-refractivity contribution in [2.75, 3.05) is 25.5 Å². The Bertz CT molecular complexity index is 813. The Labute approximate surface area is 152 Å². The highest BCUT2D eigenvalue weighted by molar-refractivity contribution is 6.09. The number of nitrogens with zero attached hydrogens (tertiary/aromatic N) is 1. The number of methoxy groups -OCH3 is 1. The van der Waals surface area contributed by atoms with Crippen molar-refractivity contribution >= 4 is 23.5 Å². The summed E-state index contributed by atoms with van der Waals surface area (Å²) in [4.78, 5) is 38.5. The van der Waals surface area contributed by atoms with Crippen molar-refractivity contribution in [3.8, 4) is 0 Å². The van der Waals surface area contributed by atoms with Gasteiger partial charge in [-0.3, -0.25) is 9.59 Å². The van der Waals surface area contributed by atoms with Gasteiger partial charge in [0, 0.05) is 24.2 Å². The van der Waals surface area contributed by atoms with Crippen LogP contribution in [-0.4, -0.2) is 42.9 Å². The quantitative estimate of drug-likeness (QED) is 0.808. The van der Waals surface area contributed by atoms with E-state index in [9.17, 15) is 14.4 Å². The predicted octanol–water partition coefficient (Wildman–Crippen LogP) is 3.21. The molecule has 0 saturated carbocycles. The van der Waals surface area contributed by atoms with E-state index in [1.54, 1.807) is 53.4 Å². The number of benzene rings is 2. The van der Waals surface area contributed by atoms with Gasteiger partial charge in [0.05, 0.1) is 18.4 Å². The van der Waals surface area contributed by atoms with Crippen molar-refractivity contribution in [2.24, 2.45) is 0 Å². The molecule has 2 aromatic rings. The molecule has 0 aromatic heterocycles. The van der Waals surface area contributed by atoms with Crippen LogP contribution < -0.4 is 5.32 Å². The molecular weight excluding hydrogens is 332 g/mol. The second-order valence-corrected chi connectivity index (χ2v) is 5.55. The highest BCUT2D eigenvalue weighted by Crippen LogP contribution is 2.18. The lowest BCUT2D eigenvalue weighted by Gasteiger charge is -2.18. The van der Waals surface area contributed by atoms with E-state index in [0.29, 0.717) is 29.9 Å². The molecule has 0 unspecified atom stereocenters. The van der Waals surface area contributed by atoms with Crippen molar-refractivity contribution in [3.05, 3.63) is 65.2 Å². The Hall–Kier alpha value is -3.15. The summed E-state index contributed by atoms with van der Waals surface area (Å²) in [5, 5.41) is 2.70. The van der Waals surface area contributed by atoms with Crippen LogP contribution in [0.3, 0.4) is 0 Å². The number of para-hydroxylation sites is 1. The third kappa shape index (κ3) is 4.27. The molecule has 0 aliphatic carbocycles. The fourth-order valence-electron chi connectivity index (χ4n) is 2.56. The highest BCUT2D eigenvalue weighted by Gasteiger charge is 2.17. The second kappa shape index (κ2) is 8.80. The number of rotatable bonds is 6. The lowest BCUT2D eigenvalue weighted by molar-refractivity contribution is 0.0601. The highest BCUT2D eigenvalue weighted by atomic mass is 16.5. The van der Waals surface area contributed by atoms with E-state index in [-0.39, 0.29) is 11.5 Å². The van der Waals surface area contributed by atoms with E-state index in [0.717, 1.165) is 0 Å². The zero-order valence-electron chi connectivity index (χ0n) is 15.1. The van der Waals surface area contributed by atoms with Gasteiger partial charge in [-0.2, -0.15) is 0 Å². The fourth-order valence-corrected chi connectivity index (χ4v) is 2.56. The summed E-state index contributed by atoms with van der Waals surface area (Å²) in [6.07, 6.45) is 0. The van der Waals surface area contributed by atoms with E-state index >= 15 is 0 Å². The molecule has 0 saturated heterocycles. The van der Waals surface area contributed by atoms with E-state index in [4.69, 9.17) is 4.74 Å². The van der Waals surface area contributed by atoms with Crippen LogP contribution in [0.1, 0.15) is 44.9 Å². The minimum Gasteiger partial charge on any atom is -0.465 e. The van der Waals surface area contributed by atoms with Gasteiger partial charge in [-0.1, -0.05) is 18.2 Å². The Kier molecular flexibility index (Phi) is 6.49. The molecule has 0 spiro atoms. The van der Waals surface area contributed by atoms with Gasteiger partial charge in [0.2, 0.25) is 0 Å². The molecule has 0 aliphatic rings. The smallest absolute Gasteiger partial charge is 0.339 e. The van der Waals surface area contributed by atoms with Crippen LogP contribution in [0.5, 0.6) is 0 Å². The van der Waals surface area contributed by atoms with Gasteiger partial charge < -0.3 is 15.0 Å². The molecule has 26 heavy (non-hydrogen) atoms. The lowest BCUT2D eigenvalue weighted by Crippen LogP contribution is -2.30. The summed E-state index contributed by atoms with van der Waals surface area (Å²) in [7, 11) is 1.28. The molecule has 0 atom stereocenters. The van der Waals surface area contributed by atoms with Crippen molar-refractivity contribution in [1.82, 2.24) is 4.90 Å². The summed E-state index contributed by atoms with van der Waals surface area (Å²) in [6, 6.07) is 13.1. The van der Waals surface area contributed by atoms with Gasteiger partial charge in [-0.25, -0.2) is 4.79 Å². The number of nitrogens with one attached hydrogen (secondary N) is 1. The van der Waals surface area contributed by atoms with Gasteiger partial charge in [0.1, 0.15) is 0 Å². The molecule has 2 rings (SSSR count). The van der Waals surface area contributed by atoms with Crippen LogP contribution in [0.15, 0.2) is 48.5 Å². The summed E-state index contributed by atoms with van der Waals surface area (Å²) in [5.41, 5.74) is 1.40. The van der Waals surface area contributed by atoms with Crippen LogP contribution in [0.25, 0.3) is 0 Å². The molecule has 6 heteroatoms. The van der Waals surface area contributed by atoms with Crippen molar-refractivity contribution in [2.45, 2.75) is 13.8 Å². The molecular formula is C20H22N2O4. The van der Waals surface area contributed by atoms with E-state index < -0.39 is 11.9 Å². The van der Waals surface area contributed by atoms with Gasteiger partial charge in [-0.15, -0.1) is 0 Å². The van der Waals surface area contributed by atoms with E-state index in [1.807, 2.05) is 13.8 Å². The summed E-state index contributed by atoms with van der Waals surface area (Å²) in [5.74, 6) is -1.07. The number of anilines is 1. The molecule has 0 heterocycles. The Morgan fingerprint density at radius 1 is 0.962 bits per heavy atom. The molecule has 0 bridgehead atoms. The number of carbonyl (C=O) groups is 3. The number of hydrogen-bond donors (Lipinski definition) is 1. The largest absolute Gasteiger partial charge is 0.465 e. The Balaban J connectivity index is 2.25. The monoisotopic (exact) mass is 354 g/mol. The first-order chi connectivity index (χ1) is 12.5.